The predicted octanol–water partition coefficient (Wildman–Crippen LogP) is 3.44. The van der Waals surface area contributed by atoms with Crippen LogP contribution < -0.4 is 10.6 Å². The summed E-state index contributed by atoms with van der Waals surface area (Å²) in [5.41, 5.74) is 1.20. The number of aliphatic imine (C=N–C) groups is 1. The van der Waals surface area contributed by atoms with Crippen molar-refractivity contribution in [3.8, 4) is 0 Å². The summed E-state index contributed by atoms with van der Waals surface area (Å²) in [6.45, 7) is 7.89. The van der Waals surface area contributed by atoms with Crippen LogP contribution in [0.1, 0.15) is 66.7 Å². The molecule has 1 fully saturated rings. The van der Waals surface area contributed by atoms with Gasteiger partial charge in [0.25, 0.3) is 11.8 Å². The van der Waals surface area contributed by atoms with Crippen LogP contribution in [0.3, 0.4) is 0 Å². The van der Waals surface area contributed by atoms with Gasteiger partial charge in [-0.05, 0) is 50.7 Å². The number of carbonyl (C=O) groups is 2. The lowest BCUT2D eigenvalue weighted by Gasteiger charge is -2.27. The summed E-state index contributed by atoms with van der Waals surface area (Å²) in [6, 6.07) is 6.98. The highest BCUT2D eigenvalue weighted by molar-refractivity contribution is 14.0. The van der Waals surface area contributed by atoms with Crippen molar-refractivity contribution in [2.75, 3.05) is 39.4 Å². The number of hydrogen-bond acceptors (Lipinski definition) is 4. The lowest BCUT2D eigenvalue weighted by Crippen LogP contribution is -2.43. The van der Waals surface area contributed by atoms with E-state index in [1.165, 1.54) is 30.6 Å². The largest absolute Gasteiger partial charge is 0.382 e. The molecule has 7 nitrogen and oxygen atoms in total. The highest BCUT2D eigenvalue weighted by atomic mass is 127. The number of ether oxygens (including phenoxy) is 1. The number of imide groups is 1. The summed E-state index contributed by atoms with van der Waals surface area (Å²) in [6.07, 6.45) is 5.94. The summed E-state index contributed by atoms with van der Waals surface area (Å²) in [7, 11) is 0. The van der Waals surface area contributed by atoms with Crippen LogP contribution in [0.2, 0.25) is 0 Å². The highest BCUT2D eigenvalue weighted by Gasteiger charge is 2.35. The highest BCUT2D eigenvalue weighted by Crippen LogP contribution is 2.41. The van der Waals surface area contributed by atoms with E-state index in [-0.39, 0.29) is 41.2 Å². The van der Waals surface area contributed by atoms with Crippen LogP contribution in [0.25, 0.3) is 0 Å². The van der Waals surface area contributed by atoms with Gasteiger partial charge < -0.3 is 15.4 Å². The van der Waals surface area contributed by atoms with Crippen molar-refractivity contribution >= 4 is 41.8 Å². The molecule has 0 saturated heterocycles. The first-order chi connectivity index (χ1) is 14.6. The van der Waals surface area contributed by atoms with Gasteiger partial charge >= 0.3 is 0 Å². The van der Waals surface area contributed by atoms with Crippen LogP contribution in [0.15, 0.2) is 29.3 Å². The predicted molar refractivity (Wildman–Crippen MR) is 133 cm³/mol. The number of nitrogens with zero attached hydrogens (tertiary/aromatic N) is 2. The van der Waals surface area contributed by atoms with E-state index in [0.29, 0.717) is 24.2 Å². The van der Waals surface area contributed by atoms with Gasteiger partial charge in [0.1, 0.15) is 0 Å². The molecule has 1 saturated carbocycles. The van der Waals surface area contributed by atoms with Gasteiger partial charge in [-0.2, -0.15) is 0 Å². The minimum atomic E-state index is -0.222. The van der Waals surface area contributed by atoms with E-state index < -0.39 is 0 Å². The Morgan fingerprint density at radius 3 is 2.32 bits per heavy atom. The summed E-state index contributed by atoms with van der Waals surface area (Å²) in [5.74, 6) is 0.289. The molecule has 2 aliphatic rings. The number of hydrogen-bond donors (Lipinski definition) is 2. The fourth-order valence-electron chi connectivity index (χ4n) is 4.36. The third kappa shape index (κ3) is 6.41. The summed E-state index contributed by atoms with van der Waals surface area (Å²) in [5, 5.41) is 6.56. The van der Waals surface area contributed by atoms with Crippen molar-refractivity contribution < 1.29 is 14.3 Å². The van der Waals surface area contributed by atoms with Crippen LogP contribution >= 0.6 is 24.0 Å². The Bertz CT molecular complexity index is 743. The first-order valence-corrected chi connectivity index (χ1v) is 11.2. The lowest BCUT2D eigenvalue weighted by atomic mass is 9.83. The third-order valence-corrected chi connectivity index (χ3v) is 6.07. The first kappa shape index (κ1) is 25.6. The number of amides is 2. The zero-order valence-electron chi connectivity index (χ0n) is 18.6. The fourth-order valence-corrected chi connectivity index (χ4v) is 4.36. The van der Waals surface area contributed by atoms with E-state index in [4.69, 9.17) is 9.73 Å². The van der Waals surface area contributed by atoms with Crippen LogP contribution in [-0.2, 0) is 4.74 Å². The minimum Gasteiger partial charge on any atom is -0.382 e. The number of guanidine groups is 1. The standard InChI is InChI=1S/C23H34N4O3.HI/c1-3-24-22(26-17-23(11-7-8-12-23)13-16-30-4-2)25-14-15-27-20(28)18-9-5-6-10-19(18)21(27)29;/h5-6,9-10H,3-4,7-8,11-17H2,1-2H3,(H2,24,25,26);1H. The smallest absolute Gasteiger partial charge is 0.261 e. The summed E-state index contributed by atoms with van der Waals surface area (Å²) >= 11 is 0. The number of carbonyl (C=O) groups excluding carboxylic acids is 2. The van der Waals surface area contributed by atoms with Crippen LogP contribution in [0.5, 0.6) is 0 Å². The second kappa shape index (κ2) is 12.4. The van der Waals surface area contributed by atoms with E-state index in [1.807, 2.05) is 13.8 Å². The van der Waals surface area contributed by atoms with Gasteiger partial charge in [0, 0.05) is 39.4 Å². The molecule has 0 bridgehead atoms. The van der Waals surface area contributed by atoms with Crippen molar-refractivity contribution in [3.05, 3.63) is 35.4 Å². The number of halogens is 1. The second-order valence-electron chi connectivity index (χ2n) is 8.08. The number of benzene rings is 1. The molecule has 1 heterocycles. The third-order valence-electron chi connectivity index (χ3n) is 6.07. The zero-order valence-corrected chi connectivity index (χ0v) is 20.9. The maximum atomic E-state index is 12.5. The molecule has 1 aliphatic heterocycles. The van der Waals surface area contributed by atoms with Crippen LogP contribution in [-0.4, -0.2) is 62.1 Å². The average molecular weight is 542 g/mol. The maximum absolute atomic E-state index is 12.5. The molecule has 1 aliphatic carbocycles. The number of fused-ring (bicyclic) bond motifs is 1. The van der Waals surface area contributed by atoms with E-state index in [9.17, 15) is 9.59 Å². The van der Waals surface area contributed by atoms with Crippen molar-refractivity contribution in [1.82, 2.24) is 15.5 Å². The molecule has 2 N–H and O–H groups in total. The molecule has 0 unspecified atom stereocenters. The van der Waals surface area contributed by atoms with E-state index >= 15 is 0 Å². The van der Waals surface area contributed by atoms with Gasteiger partial charge in [-0.1, -0.05) is 25.0 Å². The molecular formula is C23H35IN4O3. The molecule has 0 spiro atoms. The van der Waals surface area contributed by atoms with E-state index in [2.05, 4.69) is 10.6 Å². The number of nitrogens with one attached hydrogen (secondary N) is 2. The lowest BCUT2D eigenvalue weighted by molar-refractivity contribution is 0.0657. The Morgan fingerprint density at radius 1 is 1.10 bits per heavy atom. The van der Waals surface area contributed by atoms with Crippen molar-refractivity contribution in [3.63, 3.8) is 0 Å². The van der Waals surface area contributed by atoms with Gasteiger partial charge in [0.15, 0.2) is 5.96 Å². The molecule has 3 rings (SSSR count). The van der Waals surface area contributed by atoms with Crippen molar-refractivity contribution in [2.24, 2.45) is 10.4 Å². The molecule has 8 heteroatoms. The van der Waals surface area contributed by atoms with Gasteiger partial charge in [0.2, 0.25) is 0 Å². The quantitative estimate of drug-likeness (QED) is 0.156. The Hall–Kier alpha value is -1.68. The second-order valence-corrected chi connectivity index (χ2v) is 8.08. The van der Waals surface area contributed by atoms with Gasteiger partial charge in [0.05, 0.1) is 11.1 Å². The van der Waals surface area contributed by atoms with Gasteiger partial charge in [-0.15, -0.1) is 24.0 Å². The maximum Gasteiger partial charge on any atom is 0.261 e. The molecule has 1 aromatic rings. The Balaban J connectivity index is 0.00000341. The fraction of sp³-hybridized carbons (Fsp3) is 0.609. The van der Waals surface area contributed by atoms with E-state index in [1.54, 1.807) is 24.3 Å². The average Bonchev–Trinajstić information content (AvgIpc) is 3.32. The minimum absolute atomic E-state index is 0. The van der Waals surface area contributed by atoms with Gasteiger partial charge in [-0.3, -0.25) is 19.5 Å². The molecule has 31 heavy (non-hydrogen) atoms. The van der Waals surface area contributed by atoms with Crippen LogP contribution in [0, 0.1) is 5.41 Å². The van der Waals surface area contributed by atoms with Gasteiger partial charge in [-0.25, -0.2) is 0 Å². The Morgan fingerprint density at radius 2 is 1.74 bits per heavy atom. The monoisotopic (exact) mass is 542 g/mol. The molecule has 0 radical (unpaired) electrons. The first-order valence-electron chi connectivity index (χ1n) is 11.2. The molecular weight excluding hydrogens is 507 g/mol. The van der Waals surface area contributed by atoms with Crippen molar-refractivity contribution in [2.45, 2.75) is 46.0 Å². The number of rotatable bonds is 10. The Labute approximate surface area is 202 Å². The SMILES string of the molecule is CCNC(=NCC1(CCOCC)CCCC1)NCCN1C(=O)c2ccccc2C1=O.I. The Kier molecular flexibility index (Phi) is 10.2. The molecule has 0 atom stereocenters. The summed E-state index contributed by atoms with van der Waals surface area (Å²) < 4.78 is 5.59. The normalized spacial score (nSPS) is 17.5. The topological polar surface area (TPSA) is 83.0 Å². The molecule has 172 valence electrons. The zero-order chi connectivity index (χ0) is 21.4. The summed E-state index contributed by atoms with van der Waals surface area (Å²) in [4.78, 5) is 31.1. The molecule has 2 amide bonds. The molecule has 1 aromatic carbocycles. The van der Waals surface area contributed by atoms with Crippen LogP contribution in [0.4, 0.5) is 0 Å². The molecule has 0 aromatic heterocycles. The van der Waals surface area contributed by atoms with E-state index in [0.717, 1.165) is 38.7 Å². The van der Waals surface area contributed by atoms with Crippen molar-refractivity contribution in [1.29, 1.82) is 0 Å².